The van der Waals surface area contributed by atoms with Crippen LogP contribution in [0.15, 0.2) is 30.5 Å². The van der Waals surface area contributed by atoms with Crippen molar-refractivity contribution >= 4 is 63.2 Å². The molecule has 3 unspecified atom stereocenters. The highest BCUT2D eigenvalue weighted by molar-refractivity contribution is 7.80. The summed E-state index contributed by atoms with van der Waals surface area (Å²) in [6.07, 6.45) is 3.90. The van der Waals surface area contributed by atoms with Crippen molar-refractivity contribution in [2.75, 3.05) is 23.4 Å². The number of benzene rings is 1. The van der Waals surface area contributed by atoms with Gasteiger partial charge in [0.2, 0.25) is 17.7 Å². The number of imide groups is 1. The van der Waals surface area contributed by atoms with Gasteiger partial charge in [0.05, 0.1) is 52.9 Å². The van der Waals surface area contributed by atoms with E-state index in [9.17, 15) is 37.6 Å². The molecule has 5 heterocycles. The van der Waals surface area contributed by atoms with Crippen molar-refractivity contribution in [1.82, 2.24) is 29.9 Å². The number of nitriles is 1. The van der Waals surface area contributed by atoms with Gasteiger partial charge in [-0.2, -0.15) is 23.5 Å². The van der Waals surface area contributed by atoms with E-state index >= 15 is 0 Å². The average molecular weight is 864 g/mol. The van der Waals surface area contributed by atoms with Crippen molar-refractivity contribution in [3.05, 3.63) is 47.4 Å². The monoisotopic (exact) mass is 863 g/mol. The molecule has 0 spiro atoms. The molecule has 3 aliphatic heterocycles. The molecule has 3 saturated heterocycles. The number of amides is 4. The average Bonchev–Trinajstić information content (AvgIpc) is 3.62. The fraction of sp³-hybridized carbons (Fsp3) is 0.581. The number of anilines is 2. The molecule has 3 aromatic rings. The van der Waals surface area contributed by atoms with Crippen LogP contribution in [0, 0.1) is 17.2 Å². The van der Waals surface area contributed by atoms with Gasteiger partial charge in [0, 0.05) is 43.6 Å². The van der Waals surface area contributed by atoms with Crippen molar-refractivity contribution in [3.8, 4) is 6.07 Å². The third-order valence-electron chi connectivity index (χ3n) is 13.0. The fourth-order valence-corrected chi connectivity index (χ4v) is 10.5. The van der Waals surface area contributed by atoms with Gasteiger partial charge in [-0.25, -0.2) is 4.98 Å². The summed E-state index contributed by atoms with van der Waals surface area (Å²) in [6.45, 7) is 8.55. The largest absolute Gasteiger partial charge is 0.419 e. The lowest BCUT2D eigenvalue weighted by Gasteiger charge is -2.42. The maximum atomic E-state index is 13.7. The lowest BCUT2D eigenvalue weighted by Crippen LogP contribution is -2.51. The number of hydrogen-bond donors (Lipinski definition) is 2. The summed E-state index contributed by atoms with van der Waals surface area (Å²) in [7, 11) is 1.78. The molecule has 4 aliphatic rings. The van der Waals surface area contributed by atoms with Crippen LogP contribution in [0.5, 0.6) is 0 Å². The van der Waals surface area contributed by atoms with Gasteiger partial charge in [0.25, 0.3) is 5.91 Å². The van der Waals surface area contributed by atoms with E-state index < -0.39 is 34.8 Å². The Labute approximate surface area is 358 Å². The van der Waals surface area contributed by atoms with Crippen LogP contribution in [-0.2, 0) is 37.1 Å². The molecule has 326 valence electrons. The van der Waals surface area contributed by atoms with E-state index in [0.717, 1.165) is 73.9 Å². The van der Waals surface area contributed by atoms with E-state index in [1.165, 1.54) is 6.07 Å². The first-order chi connectivity index (χ1) is 28.9. The number of nitrogens with one attached hydrogen (secondary N) is 2. The third kappa shape index (κ3) is 8.87. The van der Waals surface area contributed by atoms with Crippen molar-refractivity contribution in [3.63, 3.8) is 0 Å². The van der Waals surface area contributed by atoms with E-state index in [1.54, 1.807) is 25.6 Å². The van der Waals surface area contributed by atoms with Crippen LogP contribution in [0.25, 0.3) is 10.9 Å². The number of aryl methyl sites for hydroxylation is 1. The second kappa shape index (κ2) is 17.4. The zero-order valence-electron chi connectivity index (χ0n) is 35.1. The Morgan fingerprint density at radius 3 is 2.46 bits per heavy atom. The molecule has 3 atom stereocenters. The van der Waals surface area contributed by atoms with Crippen LogP contribution >= 0.6 is 12.2 Å². The summed E-state index contributed by atoms with van der Waals surface area (Å²) in [6, 6.07) is 7.97. The van der Waals surface area contributed by atoms with Gasteiger partial charge < -0.3 is 15.0 Å². The van der Waals surface area contributed by atoms with E-state index in [1.807, 2.05) is 23.1 Å². The number of carbonyl (C=O) groups excluding carboxylic acids is 4. The summed E-state index contributed by atoms with van der Waals surface area (Å²) in [4.78, 5) is 60.3. The topological polar surface area (TPSA) is 166 Å². The minimum atomic E-state index is -4.82. The van der Waals surface area contributed by atoms with Crippen LogP contribution in [0.3, 0.4) is 0 Å². The van der Waals surface area contributed by atoms with Crippen LogP contribution in [0.4, 0.5) is 24.5 Å². The summed E-state index contributed by atoms with van der Waals surface area (Å²) < 4.78 is 49.2. The maximum absolute atomic E-state index is 13.7. The van der Waals surface area contributed by atoms with Crippen molar-refractivity contribution in [2.24, 2.45) is 13.0 Å². The minimum absolute atomic E-state index is 0.0469. The summed E-state index contributed by atoms with van der Waals surface area (Å²) in [5.74, 6) is -1.29. The Balaban J connectivity index is 0.861. The maximum Gasteiger partial charge on any atom is 0.419 e. The van der Waals surface area contributed by atoms with Gasteiger partial charge in [0.15, 0.2) is 10.8 Å². The lowest BCUT2D eigenvalue weighted by atomic mass is 9.82. The number of carbonyl (C=O) groups is 4. The molecule has 2 N–H and O–H groups in total. The number of thiocarbonyl (C=S) groups is 1. The molecule has 0 bridgehead atoms. The smallest absolute Gasteiger partial charge is 0.378 e. The molecule has 4 fully saturated rings. The van der Waals surface area contributed by atoms with Gasteiger partial charge in [-0.3, -0.25) is 39.0 Å². The highest BCUT2D eigenvalue weighted by atomic mass is 32.1. The number of pyridine rings is 1. The standard InChI is InChI=1S/C43H52F3N9O5S/c1-24-18-29(19-25(2)53(24)23-36(57)49-33-10-6-9-30-37(51-52(5)38(30)33)31-15-16-35(56)50-39(31)58)60-17-7-8-26-11-13-27(14-12-26)55-41(61)54(40(59)42(55,3)4)28-20-32(43(44,45)46)34(21-47)48-22-28/h6,9-10,20,22,24-27,29,31H,7-8,11-19,23H2,1-5H3,(H,49,57)(H,50,56,58). The van der Waals surface area contributed by atoms with Crippen molar-refractivity contribution < 1.29 is 37.1 Å². The molecular formula is C43H52F3N9O5S. The number of ether oxygens (including phenoxy) is 1. The van der Waals surface area contributed by atoms with Gasteiger partial charge in [0.1, 0.15) is 11.6 Å². The quantitative estimate of drug-likeness (QED) is 0.126. The summed E-state index contributed by atoms with van der Waals surface area (Å²) >= 11 is 5.74. The number of hydrogen-bond acceptors (Lipinski definition) is 10. The molecular weight excluding hydrogens is 812 g/mol. The SMILES string of the molecule is CC1CC(OCCCC2CCC(N3C(=S)N(c4cnc(C#N)c(C(F)(F)F)c4)C(=O)C3(C)C)CC2)CC(C)N1CC(=O)Nc1cccc2c(C3CCC(=O)NC3=O)nn(C)c12. The number of aromatic nitrogens is 3. The van der Waals surface area contributed by atoms with Gasteiger partial charge in [-0.05, 0) is 116 Å². The van der Waals surface area contributed by atoms with E-state index in [0.29, 0.717) is 35.8 Å². The number of fused-ring (bicyclic) bond motifs is 1. The molecule has 0 radical (unpaired) electrons. The number of rotatable bonds is 11. The molecule has 7 rings (SSSR count). The minimum Gasteiger partial charge on any atom is -0.378 e. The van der Waals surface area contributed by atoms with E-state index in [4.69, 9.17) is 17.0 Å². The third-order valence-corrected chi connectivity index (χ3v) is 13.3. The predicted octanol–water partition coefficient (Wildman–Crippen LogP) is 6.33. The molecule has 1 aliphatic carbocycles. The Bertz CT molecular complexity index is 2250. The zero-order valence-corrected chi connectivity index (χ0v) is 35.9. The second-order valence-electron chi connectivity index (χ2n) is 17.5. The number of likely N-dealkylation sites (tertiary alicyclic amines) is 1. The van der Waals surface area contributed by atoms with E-state index in [-0.39, 0.29) is 65.7 Å². The number of para-hydroxylation sites is 1. The van der Waals surface area contributed by atoms with E-state index in [2.05, 4.69) is 39.5 Å². The van der Waals surface area contributed by atoms with Crippen LogP contribution in [0.2, 0.25) is 0 Å². The molecule has 14 nitrogen and oxygen atoms in total. The van der Waals surface area contributed by atoms with Crippen molar-refractivity contribution in [2.45, 2.75) is 134 Å². The Morgan fingerprint density at radius 2 is 1.80 bits per heavy atom. The van der Waals surface area contributed by atoms with Gasteiger partial charge >= 0.3 is 6.18 Å². The van der Waals surface area contributed by atoms with Gasteiger partial charge in [-0.15, -0.1) is 0 Å². The normalized spacial score (nSPS) is 26.1. The fourth-order valence-electron chi connectivity index (χ4n) is 9.89. The van der Waals surface area contributed by atoms with Crippen LogP contribution in [-0.4, -0.2) is 96.2 Å². The number of halogens is 3. The summed E-state index contributed by atoms with van der Waals surface area (Å²) in [5.41, 5.74) is -1.23. The lowest BCUT2D eigenvalue weighted by molar-refractivity contribution is -0.138. The molecule has 1 saturated carbocycles. The van der Waals surface area contributed by atoms with Crippen molar-refractivity contribution in [1.29, 1.82) is 5.26 Å². The first kappa shape index (κ1) is 44.1. The molecule has 1 aromatic carbocycles. The Morgan fingerprint density at radius 1 is 1.10 bits per heavy atom. The molecule has 4 amide bonds. The Hall–Kier alpha value is -4.99. The number of nitrogens with zero attached hydrogens (tertiary/aromatic N) is 7. The zero-order chi connectivity index (χ0) is 44.0. The highest BCUT2D eigenvalue weighted by Crippen LogP contribution is 2.41. The Kier molecular flexibility index (Phi) is 12.6. The highest BCUT2D eigenvalue weighted by Gasteiger charge is 2.53. The predicted molar refractivity (Wildman–Crippen MR) is 224 cm³/mol. The first-order valence-electron chi connectivity index (χ1n) is 21.0. The molecule has 18 heteroatoms. The van der Waals surface area contributed by atoms with Gasteiger partial charge in [-0.1, -0.05) is 12.1 Å². The first-order valence-corrected chi connectivity index (χ1v) is 21.4. The molecule has 61 heavy (non-hydrogen) atoms. The molecule has 2 aromatic heterocycles. The van der Waals surface area contributed by atoms with Crippen LogP contribution in [0.1, 0.15) is 115 Å². The van der Waals surface area contributed by atoms with Crippen LogP contribution < -0.4 is 15.5 Å². The second-order valence-corrected chi connectivity index (χ2v) is 17.8. The number of alkyl halides is 3. The summed E-state index contributed by atoms with van der Waals surface area (Å²) in [5, 5.41) is 20.2. The number of piperidine rings is 2.